The highest BCUT2D eigenvalue weighted by molar-refractivity contribution is 6.35. The number of esters is 1. The van der Waals surface area contributed by atoms with Crippen molar-refractivity contribution in [3.63, 3.8) is 0 Å². The van der Waals surface area contributed by atoms with E-state index < -0.39 is 11.5 Å². The number of para-hydroxylation sites is 1. The molecule has 3 aromatic rings. The zero-order valence-corrected chi connectivity index (χ0v) is 13.6. The molecule has 0 amide bonds. The van der Waals surface area contributed by atoms with Crippen molar-refractivity contribution < 1.29 is 13.9 Å². The molecule has 0 atom stereocenters. The molecular formula is C17H15ClN2O4. The number of nitrogens with one attached hydrogen (secondary N) is 2. The number of hydrogen-bond acceptors (Lipinski definition) is 5. The fourth-order valence-corrected chi connectivity index (χ4v) is 2.68. The van der Waals surface area contributed by atoms with Crippen molar-refractivity contribution in [3.05, 3.63) is 63.3 Å². The molecule has 0 spiro atoms. The van der Waals surface area contributed by atoms with Gasteiger partial charge in [-0.1, -0.05) is 23.7 Å². The number of carbonyl (C=O) groups is 1. The summed E-state index contributed by atoms with van der Waals surface area (Å²) in [6, 6.07) is 8.73. The van der Waals surface area contributed by atoms with Gasteiger partial charge in [0, 0.05) is 5.39 Å². The standard InChI is InChI=1S/C17H15ClN2O4/c1-2-23-17(22)13-15(19-9-10-5-4-8-24-10)11-6-3-7-12(18)14(11)20-16(13)21/h3-8H,2,9H2,1H3,(H2,19,20,21). The van der Waals surface area contributed by atoms with Gasteiger partial charge in [-0.2, -0.15) is 0 Å². The largest absolute Gasteiger partial charge is 0.467 e. The first-order valence-electron chi connectivity index (χ1n) is 7.39. The van der Waals surface area contributed by atoms with Gasteiger partial charge in [-0.15, -0.1) is 0 Å². The molecule has 7 heteroatoms. The van der Waals surface area contributed by atoms with Gasteiger partial charge in [-0.25, -0.2) is 4.79 Å². The lowest BCUT2D eigenvalue weighted by molar-refractivity contribution is 0.0525. The first-order valence-corrected chi connectivity index (χ1v) is 7.77. The second-order valence-electron chi connectivity index (χ2n) is 5.02. The number of aromatic nitrogens is 1. The molecule has 6 nitrogen and oxygen atoms in total. The average Bonchev–Trinajstić information content (AvgIpc) is 3.07. The lowest BCUT2D eigenvalue weighted by Gasteiger charge is -2.13. The molecule has 0 aliphatic heterocycles. The van der Waals surface area contributed by atoms with Crippen LogP contribution >= 0.6 is 11.6 Å². The smallest absolute Gasteiger partial charge is 0.345 e. The molecular weight excluding hydrogens is 332 g/mol. The molecule has 24 heavy (non-hydrogen) atoms. The Bertz CT molecular complexity index is 932. The lowest BCUT2D eigenvalue weighted by atomic mass is 10.1. The molecule has 124 valence electrons. The fraction of sp³-hybridized carbons (Fsp3) is 0.176. The van der Waals surface area contributed by atoms with Crippen molar-refractivity contribution in [1.82, 2.24) is 4.98 Å². The molecule has 2 heterocycles. The van der Waals surface area contributed by atoms with E-state index in [1.807, 2.05) is 0 Å². The zero-order chi connectivity index (χ0) is 17.1. The van der Waals surface area contributed by atoms with E-state index in [0.29, 0.717) is 33.9 Å². The van der Waals surface area contributed by atoms with Gasteiger partial charge >= 0.3 is 5.97 Å². The molecule has 0 saturated carbocycles. The van der Waals surface area contributed by atoms with Gasteiger partial charge in [-0.05, 0) is 25.1 Å². The van der Waals surface area contributed by atoms with Crippen LogP contribution in [0, 0.1) is 0 Å². The Morgan fingerprint density at radius 3 is 2.88 bits per heavy atom. The van der Waals surface area contributed by atoms with Gasteiger partial charge < -0.3 is 19.5 Å². The number of rotatable bonds is 5. The molecule has 0 unspecified atom stereocenters. The van der Waals surface area contributed by atoms with Crippen LogP contribution < -0.4 is 10.9 Å². The molecule has 1 aromatic carbocycles. The third kappa shape index (κ3) is 3.00. The highest BCUT2D eigenvalue weighted by atomic mass is 35.5. The minimum absolute atomic E-state index is 0.0850. The third-order valence-electron chi connectivity index (χ3n) is 3.50. The Hall–Kier alpha value is -2.73. The van der Waals surface area contributed by atoms with Crippen LogP contribution in [0.3, 0.4) is 0 Å². The number of aromatic amines is 1. The summed E-state index contributed by atoms with van der Waals surface area (Å²) in [5.41, 5.74) is 0.180. The summed E-state index contributed by atoms with van der Waals surface area (Å²) < 4.78 is 10.3. The maximum absolute atomic E-state index is 12.4. The predicted octanol–water partition coefficient (Wildman–Crippen LogP) is 3.56. The van der Waals surface area contributed by atoms with Crippen LogP contribution in [-0.4, -0.2) is 17.6 Å². The highest BCUT2D eigenvalue weighted by Gasteiger charge is 2.21. The van der Waals surface area contributed by atoms with E-state index in [1.54, 1.807) is 43.5 Å². The summed E-state index contributed by atoms with van der Waals surface area (Å²) in [5, 5.41) is 4.10. The molecule has 0 fully saturated rings. The number of carbonyl (C=O) groups excluding carboxylic acids is 1. The maximum Gasteiger partial charge on any atom is 0.345 e. The molecule has 3 rings (SSSR count). The number of ether oxygens (including phenoxy) is 1. The summed E-state index contributed by atoms with van der Waals surface area (Å²) in [5.74, 6) is -0.0251. The molecule has 0 aliphatic carbocycles. The van der Waals surface area contributed by atoms with E-state index in [1.165, 1.54) is 0 Å². The zero-order valence-electron chi connectivity index (χ0n) is 12.9. The molecule has 2 N–H and O–H groups in total. The van der Waals surface area contributed by atoms with Crippen LogP contribution in [-0.2, 0) is 11.3 Å². The lowest BCUT2D eigenvalue weighted by Crippen LogP contribution is -2.23. The molecule has 0 saturated heterocycles. The van der Waals surface area contributed by atoms with Gasteiger partial charge in [0.1, 0.15) is 11.3 Å². The van der Waals surface area contributed by atoms with Crippen molar-refractivity contribution in [1.29, 1.82) is 0 Å². The van der Waals surface area contributed by atoms with Crippen LogP contribution in [0.15, 0.2) is 45.8 Å². The van der Waals surface area contributed by atoms with E-state index in [9.17, 15) is 9.59 Å². The topological polar surface area (TPSA) is 84.3 Å². The Labute approximate surface area is 142 Å². The van der Waals surface area contributed by atoms with Gasteiger partial charge in [0.05, 0.1) is 35.6 Å². The first-order chi connectivity index (χ1) is 11.6. The van der Waals surface area contributed by atoms with E-state index in [0.717, 1.165) is 0 Å². The van der Waals surface area contributed by atoms with Crippen LogP contribution in [0.4, 0.5) is 5.69 Å². The summed E-state index contributed by atoms with van der Waals surface area (Å²) >= 11 is 6.16. The second kappa shape index (κ2) is 6.80. The number of pyridine rings is 1. The Kier molecular flexibility index (Phi) is 4.57. The summed E-state index contributed by atoms with van der Waals surface area (Å²) in [6.07, 6.45) is 1.55. The van der Waals surface area contributed by atoms with E-state index in [2.05, 4.69) is 10.3 Å². The maximum atomic E-state index is 12.4. The van der Waals surface area contributed by atoms with Crippen molar-refractivity contribution in [2.24, 2.45) is 0 Å². The Morgan fingerprint density at radius 2 is 2.17 bits per heavy atom. The second-order valence-corrected chi connectivity index (χ2v) is 5.43. The Morgan fingerprint density at radius 1 is 1.33 bits per heavy atom. The number of halogens is 1. The van der Waals surface area contributed by atoms with Crippen molar-refractivity contribution in [3.8, 4) is 0 Å². The van der Waals surface area contributed by atoms with Crippen LogP contribution in [0.2, 0.25) is 5.02 Å². The van der Waals surface area contributed by atoms with Crippen LogP contribution in [0.1, 0.15) is 23.0 Å². The average molecular weight is 347 g/mol. The van der Waals surface area contributed by atoms with Crippen molar-refractivity contribution in [2.45, 2.75) is 13.5 Å². The van der Waals surface area contributed by atoms with Gasteiger partial charge in [-0.3, -0.25) is 4.79 Å². The monoisotopic (exact) mass is 346 g/mol. The Balaban J connectivity index is 2.16. The van der Waals surface area contributed by atoms with Crippen molar-refractivity contribution >= 4 is 34.2 Å². The molecule has 2 aromatic heterocycles. The number of anilines is 1. The van der Waals surface area contributed by atoms with Gasteiger partial charge in [0.25, 0.3) is 5.56 Å². The summed E-state index contributed by atoms with van der Waals surface area (Å²) in [7, 11) is 0. The van der Waals surface area contributed by atoms with Crippen molar-refractivity contribution in [2.75, 3.05) is 11.9 Å². The number of hydrogen-bond donors (Lipinski definition) is 2. The first kappa shape index (κ1) is 16.1. The van der Waals surface area contributed by atoms with Crippen LogP contribution in [0.5, 0.6) is 0 Å². The molecule has 0 aliphatic rings. The fourth-order valence-electron chi connectivity index (χ4n) is 2.45. The molecule has 0 bridgehead atoms. The molecule has 0 radical (unpaired) electrons. The number of benzene rings is 1. The SMILES string of the molecule is CCOC(=O)c1c(NCc2ccco2)c2cccc(Cl)c2[nH]c1=O. The normalized spacial score (nSPS) is 10.8. The number of furan rings is 1. The van der Waals surface area contributed by atoms with Crippen LogP contribution in [0.25, 0.3) is 10.9 Å². The van der Waals surface area contributed by atoms with E-state index in [-0.39, 0.29) is 12.2 Å². The van der Waals surface area contributed by atoms with E-state index >= 15 is 0 Å². The number of fused-ring (bicyclic) bond motifs is 1. The predicted molar refractivity (Wildman–Crippen MR) is 91.6 cm³/mol. The van der Waals surface area contributed by atoms with Gasteiger partial charge in [0.2, 0.25) is 0 Å². The number of H-pyrrole nitrogens is 1. The highest BCUT2D eigenvalue weighted by Crippen LogP contribution is 2.29. The summed E-state index contributed by atoms with van der Waals surface area (Å²) in [4.78, 5) is 27.3. The third-order valence-corrected chi connectivity index (χ3v) is 3.81. The minimum atomic E-state index is -0.692. The summed E-state index contributed by atoms with van der Waals surface area (Å²) in [6.45, 7) is 2.16. The van der Waals surface area contributed by atoms with E-state index in [4.69, 9.17) is 20.8 Å². The minimum Gasteiger partial charge on any atom is -0.467 e. The quantitative estimate of drug-likeness (QED) is 0.690. The van der Waals surface area contributed by atoms with Gasteiger partial charge in [0.15, 0.2) is 0 Å².